The molecule has 0 unspecified atom stereocenters. The average Bonchev–Trinajstić information content (AvgIpc) is 3.59. The van der Waals surface area contributed by atoms with Crippen LogP contribution in [0.3, 0.4) is 0 Å². The Balaban J connectivity index is 1.14. The van der Waals surface area contributed by atoms with E-state index in [1.807, 2.05) is 30.0 Å². The number of amides is 2. The van der Waals surface area contributed by atoms with Crippen molar-refractivity contribution in [3.05, 3.63) is 70.1 Å². The molecule has 1 saturated heterocycles. The normalized spacial score (nSPS) is 23.8. The Morgan fingerprint density at radius 1 is 1.00 bits per heavy atom. The molecule has 4 aromatic heterocycles. The molecule has 12 heteroatoms. The Bertz CT molecular complexity index is 2210. The van der Waals surface area contributed by atoms with Crippen LogP contribution < -0.4 is 15.8 Å². The number of nitrogens with two attached hydrogens (primary N) is 1. The van der Waals surface area contributed by atoms with Gasteiger partial charge in [-0.25, -0.2) is 15.0 Å². The Morgan fingerprint density at radius 3 is 2.67 bits per heavy atom. The number of nitrogens with one attached hydrogen (secondary N) is 1. The number of benzene rings is 1. The molecule has 9 rings (SSSR count). The number of likely N-dealkylation sites (tertiary alicyclic amines) is 1. The molecule has 2 aliphatic carbocycles. The lowest BCUT2D eigenvalue weighted by atomic mass is 9.94. The summed E-state index contributed by atoms with van der Waals surface area (Å²) >= 11 is 6.25. The molecule has 4 atom stereocenters. The fourth-order valence-corrected chi connectivity index (χ4v) is 8.87. The number of aromatic nitrogens is 5. The Morgan fingerprint density at radius 2 is 1.84 bits per heavy atom. The third-order valence-corrected chi connectivity index (χ3v) is 11.8. The topological polar surface area (TPSA) is 133 Å². The molecule has 51 heavy (non-hydrogen) atoms. The molecule has 2 saturated carbocycles. The van der Waals surface area contributed by atoms with Crippen LogP contribution >= 0.6 is 11.6 Å². The summed E-state index contributed by atoms with van der Waals surface area (Å²) in [6.07, 6.45) is 8.56. The van der Waals surface area contributed by atoms with Crippen LogP contribution in [0.2, 0.25) is 5.15 Å². The summed E-state index contributed by atoms with van der Waals surface area (Å²) in [6.45, 7) is 3.29. The number of imidazole rings is 1. The monoisotopic (exact) mass is 706 g/mol. The first-order chi connectivity index (χ1) is 24.8. The number of hydrogen-bond donors (Lipinski definition) is 2. The summed E-state index contributed by atoms with van der Waals surface area (Å²) in [5.74, 6) is 1.83. The molecule has 2 amide bonds. The zero-order valence-electron chi connectivity index (χ0n) is 29.1. The van der Waals surface area contributed by atoms with Gasteiger partial charge >= 0.3 is 0 Å². The van der Waals surface area contributed by atoms with Crippen LogP contribution in [0.4, 0.5) is 0 Å². The number of halogens is 1. The maximum absolute atomic E-state index is 14.1. The van der Waals surface area contributed by atoms with Gasteiger partial charge in [-0.2, -0.15) is 0 Å². The zero-order valence-corrected chi connectivity index (χ0v) is 29.8. The molecule has 1 aromatic carbocycles. The molecule has 11 nitrogen and oxygen atoms in total. The number of pyridine rings is 2. The molecule has 4 aliphatic rings. The zero-order chi connectivity index (χ0) is 35.0. The van der Waals surface area contributed by atoms with Gasteiger partial charge in [0.05, 0.1) is 41.3 Å². The van der Waals surface area contributed by atoms with Crippen LogP contribution in [0.1, 0.15) is 102 Å². The summed E-state index contributed by atoms with van der Waals surface area (Å²) < 4.78 is 10.6. The number of methoxy groups -OCH3 is 1. The predicted octanol–water partition coefficient (Wildman–Crippen LogP) is 6.61. The standard InChI is InChI=1S/C39H43ClN8O3/c1-21-29-13-8-23-18-32(46(36(23)44-29)15-5-3-4-6-30-27(38(49)42-21)12-14-34(40)43-30)37-45-31-17-24(19-33(51-2)35(31)48(37)25-10-11-25)39(50)47-20-28(41)22-7-9-26(47)16-22/h8,12-14,17-19,21-22,25-26,28H,3-7,9-11,15-16,20,41H2,1-2H3,(H,42,49)/t21-,22-,26+,28+/m1/s1. The summed E-state index contributed by atoms with van der Waals surface area (Å²) in [5.41, 5.74) is 12.6. The van der Waals surface area contributed by atoms with Gasteiger partial charge in [-0.15, -0.1) is 0 Å². The first-order valence-electron chi connectivity index (χ1n) is 18.4. The molecule has 0 spiro atoms. The Hall–Kier alpha value is -4.48. The van der Waals surface area contributed by atoms with Crippen molar-refractivity contribution in [2.45, 2.75) is 95.4 Å². The third-order valence-electron chi connectivity index (χ3n) is 11.6. The highest BCUT2D eigenvalue weighted by atomic mass is 35.5. The highest BCUT2D eigenvalue weighted by Crippen LogP contribution is 2.45. The van der Waals surface area contributed by atoms with Crippen LogP contribution in [0.15, 0.2) is 42.5 Å². The van der Waals surface area contributed by atoms with E-state index in [4.69, 9.17) is 32.0 Å². The van der Waals surface area contributed by atoms with Gasteiger partial charge in [-0.1, -0.05) is 18.0 Å². The van der Waals surface area contributed by atoms with Crippen molar-refractivity contribution in [1.82, 2.24) is 34.3 Å². The molecular formula is C39H43ClN8O3. The largest absolute Gasteiger partial charge is 0.494 e. The smallest absolute Gasteiger partial charge is 0.254 e. The van der Waals surface area contributed by atoms with E-state index in [-0.39, 0.29) is 29.9 Å². The number of carbonyl (C=O) groups is 2. The van der Waals surface area contributed by atoms with E-state index in [0.29, 0.717) is 47.0 Å². The number of rotatable bonds is 4. The van der Waals surface area contributed by atoms with Crippen LogP contribution in [0.25, 0.3) is 33.6 Å². The lowest BCUT2D eigenvalue weighted by Gasteiger charge is -2.37. The minimum absolute atomic E-state index is 0.00108. The summed E-state index contributed by atoms with van der Waals surface area (Å²) in [6, 6.07) is 13.7. The van der Waals surface area contributed by atoms with Crippen molar-refractivity contribution < 1.29 is 14.3 Å². The van der Waals surface area contributed by atoms with Crippen molar-refractivity contribution >= 4 is 45.5 Å². The fraction of sp³-hybridized carbons (Fsp3) is 0.462. The first-order valence-corrected chi connectivity index (χ1v) is 18.8. The third kappa shape index (κ3) is 5.65. The van der Waals surface area contributed by atoms with E-state index in [1.165, 1.54) is 0 Å². The molecule has 0 radical (unpaired) electrons. The van der Waals surface area contributed by atoms with Gasteiger partial charge in [0, 0.05) is 42.2 Å². The molecule has 5 aromatic rings. The van der Waals surface area contributed by atoms with E-state index in [9.17, 15) is 9.59 Å². The second kappa shape index (κ2) is 12.6. The highest BCUT2D eigenvalue weighted by Gasteiger charge is 2.41. The van der Waals surface area contributed by atoms with Crippen LogP contribution in [0, 0.1) is 5.92 Å². The molecule has 2 aliphatic heterocycles. The molecule has 6 heterocycles. The molecule has 4 bridgehead atoms. The molecular weight excluding hydrogens is 664 g/mol. The minimum Gasteiger partial charge on any atom is -0.494 e. The number of piperidine rings is 1. The average molecular weight is 707 g/mol. The quantitative estimate of drug-likeness (QED) is 0.201. The maximum atomic E-state index is 14.1. The van der Waals surface area contributed by atoms with Gasteiger partial charge in [-0.05, 0) is 107 Å². The summed E-state index contributed by atoms with van der Waals surface area (Å²) in [4.78, 5) is 44.5. The first kappa shape index (κ1) is 32.4. The number of ether oxygens (including phenoxy) is 1. The van der Waals surface area contributed by atoms with Gasteiger partial charge in [0.25, 0.3) is 11.8 Å². The summed E-state index contributed by atoms with van der Waals surface area (Å²) in [5, 5.41) is 4.54. The number of carbonyl (C=O) groups excluding carboxylic acids is 2. The number of nitrogens with zero attached hydrogens (tertiary/aromatic N) is 6. The van der Waals surface area contributed by atoms with E-state index >= 15 is 0 Å². The van der Waals surface area contributed by atoms with Crippen LogP contribution in [0.5, 0.6) is 5.75 Å². The number of hydrogen-bond acceptors (Lipinski definition) is 7. The Kier molecular flexibility index (Phi) is 8.03. The van der Waals surface area contributed by atoms with Crippen molar-refractivity contribution in [2.75, 3.05) is 13.7 Å². The van der Waals surface area contributed by atoms with E-state index in [0.717, 1.165) is 103 Å². The second-order valence-electron chi connectivity index (χ2n) is 14.9. The summed E-state index contributed by atoms with van der Waals surface area (Å²) in [7, 11) is 1.67. The number of fused-ring (bicyclic) bond motifs is 5. The van der Waals surface area contributed by atoms with Gasteiger partial charge in [0.15, 0.2) is 5.82 Å². The number of aryl methyl sites for hydroxylation is 2. The predicted molar refractivity (Wildman–Crippen MR) is 196 cm³/mol. The minimum atomic E-state index is -0.332. The second-order valence-corrected chi connectivity index (χ2v) is 15.3. The molecule has 3 fully saturated rings. The molecule has 264 valence electrons. The van der Waals surface area contributed by atoms with Gasteiger partial charge in [0.2, 0.25) is 0 Å². The lowest BCUT2D eigenvalue weighted by Crippen LogP contribution is -2.51. The van der Waals surface area contributed by atoms with Gasteiger partial charge < -0.3 is 29.8 Å². The SMILES string of the molecule is COc1cc(C(=O)N2C[C@H](N)[C@@H]3CC[C@H]2C3)cc2nc(-c3cc4ccc5nc4n3CCCCCc3nc(Cl)ccc3C(=O)N[C@@H]5C)n(C3CC3)c12. The van der Waals surface area contributed by atoms with Crippen molar-refractivity contribution in [1.29, 1.82) is 0 Å². The van der Waals surface area contributed by atoms with Crippen LogP contribution in [-0.4, -0.2) is 66.5 Å². The van der Waals surface area contributed by atoms with Crippen molar-refractivity contribution in [3.63, 3.8) is 0 Å². The van der Waals surface area contributed by atoms with E-state index in [1.54, 1.807) is 19.2 Å². The van der Waals surface area contributed by atoms with Crippen molar-refractivity contribution in [2.24, 2.45) is 11.7 Å². The van der Waals surface area contributed by atoms with E-state index < -0.39 is 0 Å². The van der Waals surface area contributed by atoms with Gasteiger partial charge in [-0.3, -0.25) is 9.59 Å². The van der Waals surface area contributed by atoms with Crippen LogP contribution in [-0.2, 0) is 13.0 Å². The maximum Gasteiger partial charge on any atom is 0.254 e. The Labute approximate surface area is 301 Å². The highest BCUT2D eigenvalue weighted by molar-refractivity contribution is 6.29. The molecule has 3 N–H and O–H groups in total. The fourth-order valence-electron chi connectivity index (χ4n) is 8.70. The van der Waals surface area contributed by atoms with Gasteiger partial charge in [0.1, 0.15) is 22.1 Å². The lowest BCUT2D eigenvalue weighted by molar-refractivity contribution is 0.0603. The van der Waals surface area contributed by atoms with E-state index in [2.05, 4.69) is 31.6 Å². The van der Waals surface area contributed by atoms with Crippen molar-refractivity contribution in [3.8, 4) is 17.3 Å².